The van der Waals surface area contributed by atoms with Crippen molar-refractivity contribution in [2.45, 2.75) is 32.2 Å². The van der Waals surface area contributed by atoms with E-state index < -0.39 is 5.97 Å². The molecule has 8 heteroatoms. The number of aryl methyl sites for hydroxylation is 1. The van der Waals surface area contributed by atoms with Gasteiger partial charge < -0.3 is 9.52 Å². The van der Waals surface area contributed by atoms with Crippen LogP contribution < -0.4 is 5.32 Å². The van der Waals surface area contributed by atoms with E-state index in [9.17, 15) is 9.59 Å². The fraction of sp³-hybridized carbons (Fsp3) is 0.636. The number of hydrogen-bond donors (Lipinski definition) is 2. The van der Waals surface area contributed by atoms with Crippen LogP contribution in [0.3, 0.4) is 0 Å². The highest BCUT2D eigenvalue weighted by Crippen LogP contribution is 2.26. The van der Waals surface area contributed by atoms with Crippen molar-refractivity contribution in [3.8, 4) is 0 Å². The number of rotatable bonds is 7. The van der Waals surface area contributed by atoms with E-state index >= 15 is 0 Å². The largest absolute Gasteiger partial charge is 0.481 e. The molecule has 0 aromatic carbocycles. The minimum absolute atomic E-state index is 0.0312. The molecular weight excluding hydrogens is 252 g/mol. The van der Waals surface area contributed by atoms with E-state index in [1.807, 2.05) is 4.90 Å². The molecule has 0 aliphatic heterocycles. The Balaban J connectivity index is 1.82. The first-order valence-corrected chi connectivity index (χ1v) is 6.10. The van der Waals surface area contributed by atoms with E-state index in [1.165, 1.54) is 0 Å². The number of hydrogen-bond acceptors (Lipinski definition) is 6. The van der Waals surface area contributed by atoms with Gasteiger partial charge in [-0.25, -0.2) is 0 Å². The smallest absolute Gasteiger partial charge is 0.322 e. The third-order valence-corrected chi connectivity index (χ3v) is 2.80. The number of aromatic nitrogens is 2. The Kier molecular flexibility index (Phi) is 4.10. The molecule has 0 radical (unpaired) electrons. The predicted molar refractivity (Wildman–Crippen MR) is 64.5 cm³/mol. The molecule has 1 aliphatic rings. The zero-order chi connectivity index (χ0) is 13.8. The summed E-state index contributed by atoms with van der Waals surface area (Å²) in [5.74, 6) is -0.764. The van der Waals surface area contributed by atoms with Crippen LogP contribution in [-0.4, -0.2) is 51.2 Å². The predicted octanol–water partition coefficient (Wildman–Crippen LogP) is 0.256. The van der Waals surface area contributed by atoms with Gasteiger partial charge >= 0.3 is 12.0 Å². The highest BCUT2D eigenvalue weighted by atomic mass is 16.4. The van der Waals surface area contributed by atoms with Gasteiger partial charge in [0.05, 0.1) is 13.0 Å². The van der Waals surface area contributed by atoms with E-state index in [2.05, 4.69) is 15.5 Å². The van der Waals surface area contributed by atoms with Gasteiger partial charge in [0.25, 0.3) is 0 Å². The van der Waals surface area contributed by atoms with E-state index in [4.69, 9.17) is 9.52 Å². The molecule has 0 unspecified atom stereocenters. The van der Waals surface area contributed by atoms with Gasteiger partial charge in [0.2, 0.25) is 11.8 Å². The van der Waals surface area contributed by atoms with Crippen molar-refractivity contribution in [2.24, 2.45) is 0 Å². The summed E-state index contributed by atoms with van der Waals surface area (Å²) in [7, 11) is 0. The minimum Gasteiger partial charge on any atom is -0.481 e. The number of aliphatic carboxylic acids is 1. The lowest BCUT2D eigenvalue weighted by atomic mass is 10.3. The van der Waals surface area contributed by atoms with Crippen LogP contribution in [0.25, 0.3) is 0 Å². The molecule has 1 aromatic rings. The van der Waals surface area contributed by atoms with Crippen LogP contribution in [-0.2, 0) is 9.59 Å². The summed E-state index contributed by atoms with van der Waals surface area (Å²) in [6.07, 6.45) is 2.04. The van der Waals surface area contributed by atoms with Gasteiger partial charge in [0, 0.05) is 19.5 Å². The third kappa shape index (κ3) is 4.32. The summed E-state index contributed by atoms with van der Waals surface area (Å²) >= 11 is 0. The number of carboxylic acid groups (broad SMARTS) is 1. The van der Waals surface area contributed by atoms with Crippen LogP contribution in [0.1, 0.15) is 25.2 Å². The molecule has 2 rings (SSSR count). The second-order valence-corrected chi connectivity index (χ2v) is 4.52. The van der Waals surface area contributed by atoms with Gasteiger partial charge in [-0.15, -0.1) is 5.10 Å². The molecule has 19 heavy (non-hydrogen) atoms. The Bertz CT molecular complexity index is 469. The molecule has 1 aliphatic carbocycles. The van der Waals surface area contributed by atoms with Gasteiger partial charge in [-0.1, -0.05) is 5.10 Å². The molecule has 0 bridgehead atoms. The average Bonchev–Trinajstić information content (AvgIpc) is 3.09. The molecule has 1 fully saturated rings. The lowest BCUT2D eigenvalue weighted by Crippen LogP contribution is -2.36. The maximum absolute atomic E-state index is 11.8. The van der Waals surface area contributed by atoms with E-state index in [1.54, 1.807) is 6.92 Å². The molecule has 104 valence electrons. The number of carbonyl (C=O) groups excluding carboxylic acids is 1. The lowest BCUT2D eigenvalue weighted by molar-refractivity contribution is -0.137. The fourth-order valence-electron chi connectivity index (χ4n) is 1.76. The molecule has 1 heterocycles. The Labute approximate surface area is 109 Å². The van der Waals surface area contributed by atoms with Crippen molar-refractivity contribution in [3.63, 3.8) is 0 Å². The molecule has 1 saturated carbocycles. The molecule has 0 spiro atoms. The van der Waals surface area contributed by atoms with E-state index in [0.717, 1.165) is 12.8 Å². The molecule has 8 nitrogen and oxygen atoms in total. The first kappa shape index (κ1) is 13.5. The normalized spacial score (nSPS) is 14.6. The van der Waals surface area contributed by atoms with Gasteiger partial charge in [-0.3, -0.25) is 19.8 Å². The molecule has 1 aromatic heterocycles. The van der Waals surface area contributed by atoms with Gasteiger partial charge in [0.1, 0.15) is 0 Å². The topological polar surface area (TPSA) is 109 Å². The second kappa shape index (κ2) is 5.79. The zero-order valence-corrected chi connectivity index (χ0v) is 10.6. The SMILES string of the molecule is Cc1nnc(NC(=O)CN(CCC(=O)O)C2CC2)o1. The monoisotopic (exact) mass is 268 g/mol. The Morgan fingerprint density at radius 2 is 2.21 bits per heavy atom. The lowest BCUT2D eigenvalue weighted by Gasteiger charge is -2.19. The van der Waals surface area contributed by atoms with Crippen LogP contribution in [0.4, 0.5) is 6.01 Å². The first-order chi connectivity index (χ1) is 9.04. The fourth-order valence-corrected chi connectivity index (χ4v) is 1.76. The highest BCUT2D eigenvalue weighted by Gasteiger charge is 2.30. The number of carboxylic acids is 1. The Hall–Kier alpha value is -1.96. The number of nitrogens with one attached hydrogen (secondary N) is 1. The standard InChI is InChI=1S/C11H16N4O4/c1-7-13-14-11(19-7)12-9(16)6-15(8-2-3-8)5-4-10(17)18/h8H,2-6H2,1H3,(H,17,18)(H,12,14,16). The quantitative estimate of drug-likeness (QED) is 0.729. The molecule has 1 amide bonds. The summed E-state index contributed by atoms with van der Waals surface area (Å²) < 4.78 is 5.04. The second-order valence-electron chi connectivity index (χ2n) is 4.52. The van der Waals surface area contributed by atoms with Crippen molar-refractivity contribution >= 4 is 17.9 Å². The van der Waals surface area contributed by atoms with Crippen molar-refractivity contribution in [3.05, 3.63) is 5.89 Å². The molecule has 2 N–H and O–H groups in total. The van der Waals surface area contributed by atoms with E-state index in [-0.39, 0.29) is 24.9 Å². The van der Waals surface area contributed by atoms with Crippen LogP contribution in [0.2, 0.25) is 0 Å². The van der Waals surface area contributed by atoms with Gasteiger partial charge in [-0.2, -0.15) is 0 Å². The van der Waals surface area contributed by atoms with Crippen molar-refractivity contribution in [1.82, 2.24) is 15.1 Å². The first-order valence-electron chi connectivity index (χ1n) is 6.10. The number of amides is 1. The summed E-state index contributed by atoms with van der Waals surface area (Å²) in [6, 6.07) is 0.381. The van der Waals surface area contributed by atoms with Crippen molar-refractivity contribution in [2.75, 3.05) is 18.4 Å². The van der Waals surface area contributed by atoms with E-state index in [0.29, 0.717) is 18.5 Å². The molecule has 0 saturated heterocycles. The maximum Gasteiger partial charge on any atom is 0.322 e. The summed E-state index contributed by atoms with van der Waals surface area (Å²) in [5.41, 5.74) is 0. The number of carbonyl (C=O) groups is 2. The number of anilines is 1. The van der Waals surface area contributed by atoms with Crippen LogP contribution in [0.5, 0.6) is 0 Å². The average molecular weight is 268 g/mol. The highest BCUT2D eigenvalue weighted by molar-refractivity contribution is 5.90. The Morgan fingerprint density at radius 1 is 1.47 bits per heavy atom. The summed E-state index contributed by atoms with van der Waals surface area (Å²) in [5, 5.41) is 18.4. The zero-order valence-electron chi connectivity index (χ0n) is 10.6. The van der Waals surface area contributed by atoms with Crippen LogP contribution in [0.15, 0.2) is 4.42 Å². The summed E-state index contributed by atoms with van der Waals surface area (Å²) in [4.78, 5) is 24.2. The maximum atomic E-state index is 11.8. The third-order valence-electron chi connectivity index (χ3n) is 2.80. The van der Waals surface area contributed by atoms with Crippen LogP contribution in [0, 0.1) is 6.92 Å². The number of nitrogens with zero attached hydrogens (tertiary/aromatic N) is 3. The molecule has 0 atom stereocenters. The summed E-state index contributed by atoms with van der Waals surface area (Å²) in [6.45, 7) is 2.14. The van der Waals surface area contributed by atoms with Gasteiger partial charge in [0.15, 0.2) is 0 Å². The van der Waals surface area contributed by atoms with Crippen molar-refractivity contribution in [1.29, 1.82) is 0 Å². The minimum atomic E-state index is -0.862. The van der Waals surface area contributed by atoms with Gasteiger partial charge in [-0.05, 0) is 12.8 Å². The Morgan fingerprint density at radius 3 is 2.74 bits per heavy atom. The van der Waals surface area contributed by atoms with Crippen LogP contribution >= 0.6 is 0 Å². The van der Waals surface area contributed by atoms with Crippen molar-refractivity contribution < 1.29 is 19.1 Å². The molecular formula is C11H16N4O4.